The summed E-state index contributed by atoms with van der Waals surface area (Å²) in [6.07, 6.45) is 23.2. The van der Waals surface area contributed by atoms with Crippen molar-refractivity contribution in [3.63, 3.8) is 0 Å². The molecule has 0 rings (SSSR count). The highest BCUT2D eigenvalue weighted by atomic mass is 32.3. The zero-order chi connectivity index (χ0) is 24.5. The van der Waals surface area contributed by atoms with E-state index < -0.39 is 10.4 Å². The number of hydrogen-bond donors (Lipinski definition) is 4. The van der Waals surface area contributed by atoms with Gasteiger partial charge in [0, 0.05) is 19.3 Å². The molecule has 0 aromatic carbocycles. The summed E-state index contributed by atoms with van der Waals surface area (Å²) in [5.74, 6) is 0.275. The Hall–Kier alpha value is -0.250. The molecule has 0 heterocycles. The molecule has 7 nitrogen and oxygen atoms in total. The molecule has 0 radical (unpaired) electrons. The molecule has 32 heavy (non-hydrogen) atoms. The summed E-state index contributed by atoms with van der Waals surface area (Å²) < 4.78 is 29.7. The fraction of sp³-hybridized carbons (Fsp3) is 1.00. The third-order valence-electron chi connectivity index (χ3n) is 5.96. The molecule has 0 amide bonds. The van der Waals surface area contributed by atoms with Gasteiger partial charge in [-0.25, -0.2) is 0 Å². The van der Waals surface area contributed by atoms with Crippen LogP contribution in [0.25, 0.3) is 0 Å². The van der Waals surface area contributed by atoms with Crippen LogP contribution in [0.1, 0.15) is 122 Å². The second-order valence-corrected chi connectivity index (χ2v) is 9.97. The lowest BCUT2D eigenvalue weighted by Gasteiger charge is -2.22. The highest BCUT2D eigenvalue weighted by Crippen LogP contribution is 2.18. The average molecular weight is 484 g/mol. The van der Waals surface area contributed by atoms with E-state index in [-0.39, 0.29) is 25.2 Å². The van der Waals surface area contributed by atoms with Crippen LogP contribution in [0.5, 0.6) is 0 Å². The molecule has 1 atom stereocenters. The Morgan fingerprint density at radius 1 is 0.688 bits per heavy atom. The van der Waals surface area contributed by atoms with E-state index in [1.165, 1.54) is 96.3 Å². The molecule has 0 aromatic heterocycles. The molecular formula is C24H53NO6S. The summed E-state index contributed by atoms with van der Waals surface area (Å²) in [5, 5.41) is 18.2. The van der Waals surface area contributed by atoms with Gasteiger partial charge in [0.25, 0.3) is 0 Å². The molecular weight excluding hydrogens is 430 g/mol. The van der Waals surface area contributed by atoms with Crippen molar-refractivity contribution in [1.82, 2.24) is 0 Å². The van der Waals surface area contributed by atoms with Crippen LogP contribution in [0.4, 0.5) is 0 Å². The minimum absolute atomic E-state index is 0.135. The third-order valence-corrected chi connectivity index (χ3v) is 6.38. The lowest BCUT2D eigenvalue weighted by molar-refractivity contribution is 0.195. The Morgan fingerprint density at radius 2 is 1.00 bits per heavy atom. The van der Waals surface area contributed by atoms with Crippen molar-refractivity contribution in [2.24, 2.45) is 11.7 Å². The predicted octanol–water partition coefficient (Wildman–Crippen LogP) is 5.39. The number of aliphatic hydroxyl groups excluding tert-OH is 2. The van der Waals surface area contributed by atoms with Crippen LogP contribution in [-0.2, 0) is 14.6 Å². The van der Waals surface area contributed by atoms with E-state index >= 15 is 0 Å². The van der Waals surface area contributed by atoms with Crippen molar-refractivity contribution in [2.45, 2.75) is 129 Å². The standard InChI is InChI=1S/C23H49NO2.CH4O4S/c1-2-3-4-5-6-7-8-9-10-11-12-13-14-15-16-17-23(24)22(18-20-25)19-21-26;1-5-6(2,3)4/h22-23,25-26H,2-21,24H2,1H3;1H3,(H,2,3,4). The normalized spacial score (nSPS) is 12.6. The quantitative estimate of drug-likeness (QED) is 0.120. The minimum atomic E-state index is -4.16. The lowest BCUT2D eigenvalue weighted by atomic mass is 9.90. The van der Waals surface area contributed by atoms with Crippen molar-refractivity contribution in [3.8, 4) is 0 Å². The smallest absolute Gasteiger partial charge is 0.396 e. The first-order valence-corrected chi connectivity index (χ1v) is 14.2. The van der Waals surface area contributed by atoms with Crippen LogP contribution in [0.2, 0.25) is 0 Å². The summed E-state index contributed by atoms with van der Waals surface area (Å²) in [6, 6.07) is 0.135. The van der Waals surface area contributed by atoms with E-state index in [4.69, 9.17) is 20.5 Å². The maximum absolute atomic E-state index is 9.33. The number of aliphatic hydroxyl groups is 2. The average Bonchev–Trinajstić information content (AvgIpc) is 2.76. The van der Waals surface area contributed by atoms with Gasteiger partial charge in [-0.05, 0) is 25.2 Å². The van der Waals surface area contributed by atoms with E-state index in [0.29, 0.717) is 0 Å². The van der Waals surface area contributed by atoms with E-state index in [9.17, 15) is 8.42 Å². The Labute approximate surface area is 198 Å². The zero-order valence-electron chi connectivity index (χ0n) is 20.8. The summed E-state index contributed by atoms with van der Waals surface area (Å²) in [4.78, 5) is 0. The second-order valence-electron chi connectivity index (χ2n) is 8.78. The Balaban J connectivity index is 0. The zero-order valence-corrected chi connectivity index (χ0v) is 21.7. The van der Waals surface area contributed by atoms with Crippen LogP contribution in [0.3, 0.4) is 0 Å². The van der Waals surface area contributed by atoms with Gasteiger partial charge in [0.2, 0.25) is 0 Å². The van der Waals surface area contributed by atoms with Crippen LogP contribution >= 0.6 is 0 Å². The molecule has 0 saturated heterocycles. The second kappa shape index (κ2) is 25.4. The van der Waals surface area contributed by atoms with Gasteiger partial charge in [0.15, 0.2) is 0 Å². The summed E-state index contributed by atoms with van der Waals surface area (Å²) in [7, 11) is -3.29. The minimum Gasteiger partial charge on any atom is -0.396 e. The monoisotopic (exact) mass is 483 g/mol. The van der Waals surface area contributed by atoms with E-state index in [1.54, 1.807) is 0 Å². The molecule has 0 bridgehead atoms. The Bertz CT molecular complexity index is 455. The molecule has 0 aliphatic heterocycles. The first-order valence-electron chi connectivity index (χ1n) is 12.8. The van der Waals surface area contributed by atoms with Gasteiger partial charge in [-0.2, -0.15) is 8.42 Å². The number of nitrogens with two attached hydrogens (primary N) is 1. The molecule has 196 valence electrons. The van der Waals surface area contributed by atoms with Gasteiger partial charge in [-0.15, -0.1) is 0 Å². The summed E-state index contributed by atoms with van der Waals surface area (Å²) in [5.41, 5.74) is 6.22. The first kappa shape index (κ1) is 33.9. The van der Waals surface area contributed by atoms with Gasteiger partial charge in [0.05, 0.1) is 7.11 Å². The van der Waals surface area contributed by atoms with Crippen molar-refractivity contribution >= 4 is 10.4 Å². The van der Waals surface area contributed by atoms with Gasteiger partial charge < -0.3 is 15.9 Å². The van der Waals surface area contributed by atoms with Crippen LogP contribution in [-0.4, -0.2) is 49.5 Å². The van der Waals surface area contributed by atoms with Crippen molar-refractivity contribution in [1.29, 1.82) is 0 Å². The molecule has 0 fully saturated rings. The largest absolute Gasteiger partial charge is 0.397 e. The SMILES string of the molecule is CCCCCCCCCCCCCCCCCC(N)C(CCO)CCO.COS(=O)(=O)O. The van der Waals surface area contributed by atoms with Crippen molar-refractivity contribution in [2.75, 3.05) is 20.3 Å². The van der Waals surface area contributed by atoms with Gasteiger partial charge in [0.1, 0.15) is 0 Å². The maximum Gasteiger partial charge on any atom is 0.397 e. The number of hydrogen-bond acceptors (Lipinski definition) is 6. The molecule has 5 N–H and O–H groups in total. The topological polar surface area (TPSA) is 130 Å². The summed E-state index contributed by atoms with van der Waals surface area (Å²) >= 11 is 0. The van der Waals surface area contributed by atoms with Crippen molar-refractivity contribution in [3.05, 3.63) is 0 Å². The fourth-order valence-corrected chi connectivity index (χ4v) is 3.89. The molecule has 0 saturated carbocycles. The van der Waals surface area contributed by atoms with Crippen LogP contribution < -0.4 is 5.73 Å². The maximum atomic E-state index is 9.33. The van der Waals surface area contributed by atoms with E-state index in [0.717, 1.165) is 26.4 Å². The summed E-state index contributed by atoms with van der Waals surface area (Å²) in [6.45, 7) is 2.64. The first-order chi connectivity index (χ1) is 15.3. The highest BCUT2D eigenvalue weighted by Gasteiger charge is 2.16. The molecule has 0 aromatic rings. The molecule has 0 aliphatic carbocycles. The molecule has 8 heteroatoms. The third kappa shape index (κ3) is 27.8. The van der Waals surface area contributed by atoms with Crippen molar-refractivity contribution < 1.29 is 27.4 Å². The predicted molar refractivity (Wildman–Crippen MR) is 133 cm³/mol. The molecule has 0 aliphatic rings. The van der Waals surface area contributed by atoms with Gasteiger partial charge in [-0.1, -0.05) is 103 Å². The highest BCUT2D eigenvalue weighted by molar-refractivity contribution is 7.80. The van der Waals surface area contributed by atoms with Crippen LogP contribution in [0.15, 0.2) is 0 Å². The fourth-order valence-electron chi connectivity index (χ4n) is 3.89. The molecule has 1 unspecified atom stereocenters. The Kier molecular flexibility index (Phi) is 26.9. The van der Waals surface area contributed by atoms with Crippen LogP contribution in [0, 0.1) is 5.92 Å². The van der Waals surface area contributed by atoms with E-state index in [1.807, 2.05) is 0 Å². The Morgan fingerprint density at radius 3 is 1.28 bits per heavy atom. The van der Waals surface area contributed by atoms with Gasteiger partial charge in [-0.3, -0.25) is 8.74 Å². The van der Waals surface area contributed by atoms with E-state index in [2.05, 4.69) is 11.1 Å². The number of unbranched alkanes of at least 4 members (excludes halogenated alkanes) is 14. The molecule has 0 spiro atoms. The lowest BCUT2D eigenvalue weighted by Crippen LogP contribution is -2.31. The van der Waals surface area contributed by atoms with Gasteiger partial charge >= 0.3 is 10.4 Å². The number of rotatable bonds is 22.